The number of amides is 4. The number of halogens is 1. The van der Waals surface area contributed by atoms with Crippen LogP contribution in [0, 0.1) is 11.7 Å². The van der Waals surface area contributed by atoms with Crippen molar-refractivity contribution in [3.05, 3.63) is 65.0 Å². The molecule has 4 N–H and O–H groups in total. The Hall–Kier alpha value is -4.24. The molecule has 0 aliphatic carbocycles. The van der Waals surface area contributed by atoms with Crippen LogP contribution in [0.15, 0.2) is 57.6 Å². The number of nitrogens with one attached hydrogen (secondary N) is 2. The Balaban J connectivity index is 1.14. The van der Waals surface area contributed by atoms with Gasteiger partial charge in [-0.3, -0.25) is 14.6 Å². The quantitative estimate of drug-likeness (QED) is 0.0724. The first-order chi connectivity index (χ1) is 26.4. The van der Waals surface area contributed by atoms with Gasteiger partial charge in [-0.2, -0.15) is 11.8 Å². The molecule has 0 radical (unpaired) electrons. The molecule has 0 bridgehead atoms. The van der Waals surface area contributed by atoms with E-state index in [1.165, 1.54) is 12.1 Å². The molecule has 0 saturated carbocycles. The summed E-state index contributed by atoms with van der Waals surface area (Å²) in [6.07, 6.45) is 9.00. The maximum Gasteiger partial charge on any atom is 0.315 e. The number of hydrogen-bond acceptors (Lipinski definition) is 7. The number of thioether (sulfide) groups is 1. The highest BCUT2D eigenvalue weighted by Gasteiger charge is 2.42. The second kappa shape index (κ2) is 22.3. The molecule has 2 aliphatic heterocycles. The predicted molar refractivity (Wildman–Crippen MR) is 217 cm³/mol. The van der Waals surface area contributed by atoms with Crippen LogP contribution in [0.3, 0.4) is 0 Å². The number of ether oxygens (including phenoxy) is 1. The maximum atomic E-state index is 13.5. The van der Waals surface area contributed by atoms with Crippen LogP contribution in [-0.2, 0) is 27.4 Å². The minimum Gasteiger partial charge on any atom is -0.381 e. The largest absolute Gasteiger partial charge is 0.381 e. The van der Waals surface area contributed by atoms with E-state index in [0.29, 0.717) is 50.9 Å². The van der Waals surface area contributed by atoms with Gasteiger partial charge in [0.15, 0.2) is 0 Å². The number of nitrogens with zero attached hydrogens (tertiary/aromatic N) is 6. The molecule has 13 nitrogen and oxygen atoms in total. The number of aliphatic imine (C=N–C) groups is 2. The van der Waals surface area contributed by atoms with Crippen LogP contribution in [0.4, 0.5) is 9.18 Å². The minimum absolute atomic E-state index is 0.0356. The molecule has 1 aromatic heterocycles. The molecule has 2 saturated heterocycles. The van der Waals surface area contributed by atoms with Gasteiger partial charge < -0.3 is 35.5 Å². The first-order valence-corrected chi connectivity index (χ1v) is 20.5. The summed E-state index contributed by atoms with van der Waals surface area (Å²) in [6.45, 7) is 8.88. The van der Waals surface area contributed by atoms with Crippen LogP contribution >= 0.6 is 11.8 Å². The fraction of sp³-hybridized carbons (Fsp3) is 0.600. The second-order valence-electron chi connectivity index (χ2n) is 14.7. The molecule has 302 valence electrons. The van der Waals surface area contributed by atoms with Gasteiger partial charge in [-0.15, -0.1) is 0 Å². The smallest absolute Gasteiger partial charge is 0.315 e. The van der Waals surface area contributed by atoms with Crippen LogP contribution in [-0.4, -0.2) is 108 Å². The normalized spacial score (nSPS) is 19.6. The lowest BCUT2D eigenvalue weighted by molar-refractivity contribution is -0.132. The summed E-state index contributed by atoms with van der Waals surface area (Å²) in [5.41, 5.74) is 8.40. The fourth-order valence-electron chi connectivity index (χ4n) is 6.69. The van der Waals surface area contributed by atoms with Crippen LogP contribution in [0.1, 0.15) is 82.9 Å². The number of unbranched alkanes of at least 4 members (excludes halogenated alkanes) is 2. The lowest BCUT2D eigenvalue weighted by Gasteiger charge is -2.21. The molecule has 2 fully saturated rings. The van der Waals surface area contributed by atoms with Crippen molar-refractivity contribution in [3.8, 4) is 0 Å². The van der Waals surface area contributed by atoms with Crippen LogP contribution in [0.2, 0.25) is 0 Å². The van der Waals surface area contributed by atoms with Crippen LogP contribution in [0.25, 0.3) is 0 Å². The van der Waals surface area contributed by atoms with Gasteiger partial charge in [0.2, 0.25) is 17.8 Å². The Morgan fingerprint density at radius 2 is 1.85 bits per heavy atom. The third kappa shape index (κ3) is 14.4. The van der Waals surface area contributed by atoms with Crippen LogP contribution in [0.5, 0.6) is 0 Å². The summed E-state index contributed by atoms with van der Waals surface area (Å²) in [5.74, 6) is 1.12. The van der Waals surface area contributed by atoms with E-state index in [1.54, 1.807) is 37.2 Å². The highest BCUT2D eigenvalue weighted by atomic mass is 32.2. The van der Waals surface area contributed by atoms with E-state index >= 15 is 0 Å². The van der Waals surface area contributed by atoms with E-state index in [9.17, 15) is 18.8 Å². The van der Waals surface area contributed by atoms with Gasteiger partial charge in [-0.25, -0.2) is 19.2 Å². The van der Waals surface area contributed by atoms with E-state index < -0.39 is 0 Å². The van der Waals surface area contributed by atoms with Crippen molar-refractivity contribution in [3.63, 3.8) is 0 Å². The summed E-state index contributed by atoms with van der Waals surface area (Å²) >= 11 is 1.88. The average molecular weight is 782 g/mol. The van der Waals surface area contributed by atoms with Gasteiger partial charge in [0.1, 0.15) is 11.3 Å². The molecule has 3 heterocycles. The molecule has 2 aromatic rings. The van der Waals surface area contributed by atoms with E-state index in [0.717, 1.165) is 61.0 Å². The topological polar surface area (TPSA) is 159 Å². The average Bonchev–Trinajstić information content (AvgIpc) is 3.72. The second-order valence-corrected chi connectivity index (χ2v) is 16.0. The number of aromatic nitrogens is 1. The highest BCUT2D eigenvalue weighted by Crippen LogP contribution is 2.33. The van der Waals surface area contributed by atoms with E-state index in [4.69, 9.17) is 15.5 Å². The van der Waals surface area contributed by atoms with Gasteiger partial charge >= 0.3 is 6.03 Å². The highest BCUT2D eigenvalue weighted by molar-refractivity contribution is 8.00. The van der Waals surface area contributed by atoms with Crippen LogP contribution < -0.4 is 21.9 Å². The number of guanidine groups is 1. The molecular formula is C40H60FN9O4S. The predicted octanol–water partition coefficient (Wildman–Crippen LogP) is 4.66. The number of benzene rings is 1. The summed E-state index contributed by atoms with van der Waals surface area (Å²) in [7, 11) is 3.67. The van der Waals surface area contributed by atoms with Crippen molar-refractivity contribution >= 4 is 41.8 Å². The Morgan fingerprint density at radius 1 is 1.07 bits per heavy atom. The number of hydrogen-bond donors (Lipinski definition) is 3. The zero-order valence-electron chi connectivity index (χ0n) is 33.1. The van der Waals surface area contributed by atoms with Crippen molar-refractivity contribution in [1.82, 2.24) is 25.0 Å². The Labute approximate surface area is 329 Å². The van der Waals surface area contributed by atoms with Gasteiger partial charge in [-0.1, -0.05) is 19.1 Å². The third-order valence-electron chi connectivity index (χ3n) is 9.92. The Bertz CT molecular complexity index is 1690. The van der Waals surface area contributed by atoms with Gasteiger partial charge in [0, 0.05) is 76.7 Å². The van der Waals surface area contributed by atoms with Gasteiger partial charge in [0.05, 0.1) is 31.2 Å². The first-order valence-electron chi connectivity index (χ1n) is 19.4. The molecular weight excluding hydrogens is 722 g/mol. The van der Waals surface area contributed by atoms with Gasteiger partial charge in [0.25, 0.3) is 0 Å². The molecule has 0 spiro atoms. The zero-order valence-corrected chi connectivity index (χ0v) is 33.9. The molecule has 2 aliphatic rings. The van der Waals surface area contributed by atoms with Crippen molar-refractivity contribution in [2.24, 2.45) is 26.6 Å². The number of fused-ring (bicyclic) bond motifs is 1. The molecule has 55 heavy (non-hydrogen) atoms. The number of rotatable bonds is 21. The molecule has 4 amide bonds. The fourth-order valence-corrected chi connectivity index (χ4v) is 8.23. The number of carbonyl (C=O) groups is 3. The lowest BCUT2D eigenvalue weighted by Crippen LogP contribution is -2.37. The SMILES string of the molecule is C/C=N\C(N)=NCC(C)n1ccc(CN(C)C(=O)CC(C)COCCCCCN(C)C(=O)CCCC2SCC3NC(=O)NC32)cc1=NCc1ccc(F)cc1. The number of urea groups is 1. The van der Waals surface area contributed by atoms with Crippen molar-refractivity contribution < 1.29 is 23.5 Å². The monoisotopic (exact) mass is 781 g/mol. The zero-order chi connectivity index (χ0) is 39.7. The molecule has 5 unspecified atom stereocenters. The van der Waals surface area contributed by atoms with Crippen molar-refractivity contribution in [2.45, 2.75) is 102 Å². The number of carbonyl (C=O) groups excluding carboxylic acids is 3. The van der Waals surface area contributed by atoms with E-state index in [1.807, 2.05) is 60.5 Å². The molecule has 1 aromatic carbocycles. The summed E-state index contributed by atoms with van der Waals surface area (Å²) < 4.78 is 21.4. The first kappa shape index (κ1) is 43.5. The molecule has 4 rings (SSSR count). The van der Waals surface area contributed by atoms with Crippen molar-refractivity contribution in [2.75, 3.05) is 46.2 Å². The Kier molecular flexibility index (Phi) is 17.7. The van der Waals surface area contributed by atoms with E-state index in [2.05, 4.69) is 20.6 Å². The maximum absolute atomic E-state index is 13.5. The number of pyridine rings is 1. The third-order valence-corrected chi connectivity index (χ3v) is 11.4. The number of nitrogens with two attached hydrogens (primary N) is 1. The Morgan fingerprint density at radius 3 is 2.62 bits per heavy atom. The summed E-state index contributed by atoms with van der Waals surface area (Å²) in [4.78, 5) is 54.1. The molecule has 5 atom stereocenters. The summed E-state index contributed by atoms with van der Waals surface area (Å²) in [6, 6.07) is 10.5. The van der Waals surface area contributed by atoms with Crippen molar-refractivity contribution in [1.29, 1.82) is 0 Å². The lowest BCUT2D eigenvalue weighted by atomic mass is 10.0. The molecule has 15 heteroatoms. The minimum atomic E-state index is -0.293. The van der Waals surface area contributed by atoms with Gasteiger partial charge in [-0.05, 0) is 87.3 Å². The standard InChI is InChI=1S/C40H60FN9O4S/c1-6-43-39(42)45-23-29(3)50-19-17-31(22-35(50)44-24-30-13-15-32(41)16-14-30)25-49(5)37(52)21-28(2)26-54-20-9-7-8-18-48(4)36(51)12-10-11-34-38-33(27-55-34)46-40(53)47-38/h6,13-17,19,22,28-29,33-34,38H,7-12,18,20-21,23-27H2,1-5H3,(H2,42,45)(H2,46,47,53)/b43-6-,44-35?. The van der Waals surface area contributed by atoms with E-state index in [-0.39, 0.29) is 53.7 Å². The summed E-state index contributed by atoms with van der Waals surface area (Å²) in [5, 5.41) is 6.35.